The van der Waals surface area contributed by atoms with Gasteiger partial charge in [0.1, 0.15) is 0 Å². The molecule has 0 atom stereocenters. The third-order valence-electron chi connectivity index (χ3n) is 7.12. The minimum Gasteiger partial charge on any atom is -0.275 e. The van der Waals surface area contributed by atoms with Gasteiger partial charge in [-0.15, -0.1) is 0 Å². The third kappa shape index (κ3) is 6.51. The number of sulfonamides is 1. The van der Waals surface area contributed by atoms with Gasteiger partial charge in [-0.2, -0.15) is 0 Å². The summed E-state index contributed by atoms with van der Waals surface area (Å²) in [5.74, 6) is -0.0204. The van der Waals surface area contributed by atoms with E-state index in [1.807, 2.05) is 38.1 Å². The van der Waals surface area contributed by atoms with Crippen molar-refractivity contribution < 1.29 is 13.2 Å². The number of benzene rings is 2. The van der Waals surface area contributed by atoms with Gasteiger partial charge in [-0.3, -0.25) is 9.69 Å². The first-order valence-electron chi connectivity index (χ1n) is 12.9. The topological polar surface area (TPSA) is 78.8 Å². The molecule has 0 spiro atoms. The van der Waals surface area contributed by atoms with Crippen LogP contribution in [0.15, 0.2) is 58.4 Å². The number of aryl methyl sites for hydroxylation is 2. The second kappa shape index (κ2) is 11.4. The van der Waals surface area contributed by atoms with E-state index < -0.39 is 10.0 Å². The molecular formula is C28H37N3O3S. The monoisotopic (exact) mass is 495 g/mol. The van der Waals surface area contributed by atoms with Crippen LogP contribution in [0.4, 0.5) is 0 Å². The predicted octanol–water partition coefficient (Wildman–Crippen LogP) is 5.75. The molecule has 2 aromatic carbocycles. The molecule has 4 rings (SSSR count). The molecule has 2 aromatic rings. The van der Waals surface area contributed by atoms with Gasteiger partial charge in [0.15, 0.2) is 0 Å². The van der Waals surface area contributed by atoms with E-state index in [4.69, 9.17) is 4.99 Å². The number of aliphatic imine (C=N–C) groups is 1. The van der Waals surface area contributed by atoms with Crippen LogP contribution in [-0.4, -0.2) is 37.3 Å². The zero-order valence-electron chi connectivity index (χ0n) is 20.9. The molecule has 2 aliphatic rings. The maximum atomic E-state index is 13.9. The second-order valence-corrected chi connectivity index (χ2v) is 11.7. The van der Waals surface area contributed by atoms with Crippen LogP contribution < -0.4 is 4.72 Å². The number of carbonyl (C=O) groups excluding carboxylic acids is 1. The first-order chi connectivity index (χ1) is 16.8. The zero-order valence-corrected chi connectivity index (χ0v) is 21.7. The summed E-state index contributed by atoms with van der Waals surface area (Å²) in [6, 6.07) is 14.2. The summed E-state index contributed by atoms with van der Waals surface area (Å²) in [7, 11) is -3.91. The number of hydrogen-bond acceptors (Lipinski definition) is 4. The average Bonchev–Trinajstić information content (AvgIpc) is 2.86. The minimum absolute atomic E-state index is 0.0105. The molecule has 2 fully saturated rings. The van der Waals surface area contributed by atoms with Crippen molar-refractivity contribution in [1.29, 1.82) is 0 Å². The molecule has 0 heterocycles. The molecule has 35 heavy (non-hydrogen) atoms. The molecule has 1 amide bonds. The predicted molar refractivity (Wildman–Crippen MR) is 140 cm³/mol. The molecule has 2 saturated carbocycles. The molecular weight excluding hydrogens is 458 g/mol. The van der Waals surface area contributed by atoms with E-state index in [-0.39, 0.29) is 28.8 Å². The van der Waals surface area contributed by atoms with Crippen LogP contribution in [0.5, 0.6) is 0 Å². The molecule has 0 bridgehead atoms. The first kappa shape index (κ1) is 25.4. The molecule has 0 unspecified atom stereocenters. The van der Waals surface area contributed by atoms with E-state index in [0.717, 1.165) is 68.9 Å². The summed E-state index contributed by atoms with van der Waals surface area (Å²) in [6.45, 7) is 3.91. The van der Waals surface area contributed by atoms with Gasteiger partial charge in [0.25, 0.3) is 15.9 Å². The van der Waals surface area contributed by atoms with E-state index in [0.29, 0.717) is 5.56 Å². The molecule has 0 aromatic heterocycles. The highest BCUT2D eigenvalue weighted by Gasteiger charge is 2.33. The average molecular weight is 496 g/mol. The van der Waals surface area contributed by atoms with Crippen LogP contribution in [0.2, 0.25) is 0 Å². The lowest BCUT2D eigenvalue weighted by Gasteiger charge is -2.36. The van der Waals surface area contributed by atoms with E-state index in [9.17, 15) is 13.2 Å². The summed E-state index contributed by atoms with van der Waals surface area (Å²) < 4.78 is 29.7. The number of nitrogens with one attached hydrogen (secondary N) is 1. The van der Waals surface area contributed by atoms with E-state index in [1.54, 1.807) is 29.2 Å². The summed E-state index contributed by atoms with van der Waals surface area (Å²) in [6.07, 6.45) is 9.98. The lowest BCUT2D eigenvalue weighted by molar-refractivity contribution is 0.0771. The van der Waals surface area contributed by atoms with Gasteiger partial charge < -0.3 is 0 Å². The Morgan fingerprint density at radius 1 is 0.800 bits per heavy atom. The SMILES string of the molecule is Cc1ccc(C(=O)N(C(=NC2CCCCC2)NS(=O)(=O)c2ccc(C)cc2)C2CCCCC2)cc1. The molecule has 1 N–H and O–H groups in total. The second-order valence-electron chi connectivity index (χ2n) is 10.00. The van der Waals surface area contributed by atoms with Gasteiger partial charge in [0, 0.05) is 11.6 Å². The van der Waals surface area contributed by atoms with Crippen molar-refractivity contribution >= 4 is 21.9 Å². The zero-order chi connectivity index (χ0) is 24.8. The molecule has 7 heteroatoms. The van der Waals surface area contributed by atoms with Gasteiger partial charge in [0.2, 0.25) is 5.96 Å². The standard InChI is InChI=1S/C28H37N3O3S/c1-21-13-17-23(18-14-21)27(32)31(25-11-7-4-8-12-25)28(29-24-9-5-3-6-10-24)30-35(33,34)26-19-15-22(2)16-20-26/h13-20,24-25H,3-12H2,1-2H3,(H,29,30). The molecule has 2 aliphatic carbocycles. The Balaban J connectivity index is 1.75. The summed E-state index contributed by atoms with van der Waals surface area (Å²) in [4.78, 5) is 20.7. The molecule has 6 nitrogen and oxygen atoms in total. The third-order valence-corrected chi connectivity index (χ3v) is 8.47. The highest BCUT2D eigenvalue weighted by Crippen LogP contribution is 2.27. The molecule has 0 aliphatic heterocycles. The lowest BCUT2D eigenvalue weighted by Crippen LogP contribution is -2.53. The van der Waals surface area contributed by atoms with Crippen molar-refractivity contribution in [3.05, 3.63) is 65.2 Å². The summed E-state index contributed by atoms with van der Waals surface area (Å²) in [5, 5.41) is 0. The summed E-state index contributed by atoms with van der Waals surface area (Å²) >= 11 is 0. The van der Waals surface area contributed by atoms with E-state index in [2.05, 4.69) is 4.72 Å². The fourth-order valence-corrected chi connectivity index (χ4v) is 6.03. The van der Waals surface area contributed by atoms with Crippen LogP contribution in [0.3, 0.4) is 0 Å². The highest BCUT2D eigenvalue weighted by atomic mass is 32.2. The highest BCUT2D eigenvalue weighted by molar-refractivity contribution is 7.90. The quantitative estimate of drug-likeness (QED) is 0.424. The van der Waals surface area contributed by atoms with E-state index >= 15 is 0 Å². The fraction of sp³-hybridized carbons (Fsp3) is 0.500. The maximum absolute atomic E-state index is 13.9. The number of guanidine groups is 1. The van der Waals surface area contributed by atoms with Crippen LogP contribution in [0.1, 0.15) is 85.7 Å². The number of nitrogens with zero attached hydrogens (tertiary/aromatic N) is 2. The number of rotatable bonds is 5. The van der Waals surface area contributed by atoms with Crippen molar-refractivity contribution in [2.24, 2.45) is 4.99 Å². The van der Waals surface area contributed by atoms with Crippen LogP contribution in [-0.2, 0) is 10.0 Å². The van der Waals surface area contributed by atoms with Crippen LogP contribution in [0, 0.1) is 13.8 Å². The number of amides is 1. The Morgan fingerprint density at radius 2 is 1.31 bits per heavy atom. The largest absolute Gasteiger partial charge is 0.275 e. The minimum atomic E-state index is -3.91. The van der Waals surface area contributed by atoms with Crippen molar-refractivity contribution in [2.45, 2.75) is 95.0 Å². The van der Waals surface area contributed by atoms with Gasteiger partial charge in [-0.25, -0.2) is 18.1 Å². The van der Waals surface area contributed by atoms with Gasteiger partial charge in [-0.1, -0.05) is 73.9 Å². The molecule has 0 radical (unpaired) electrons. The van der Waals surface area contributed by atoms with Crippen molar-refractivity contribution in [3.8, 4) is 0 Å². The van der Waals surface area contributed by atoms with Gasteiger partial charge in [0.05, 0.1) is 10.9 Å². The maximum Gasteiger partial charge on any atom is 0.264 e. The molecule has 0 saturated heterocycles. The Kier molecular flexibility index (Phi) is 8.26. The van der Waals surface area contributed by atoms with Crippen molar-refractivity contribution in [1.82, 2.24) is 9.62 Å². The van der Waals surface area contributed by atoms with Crippen molar-refractivity contribution in [2.75, 3.05) is 0 Å². The van der Waals surface area contributed by atoms with Gasteiger partial charge in [-0.05, 0) is 63.8 Å². The van der Waals surface area contributed by atoms with Gasteiger partial charge >= 0.3 is 0 Å². The number of hydrogen-bond donors (Lipinski definition) is 1. The first-order valence-corrected chi connectivity index (χ1v) is 14.4. The molecule has 188 valence electrons. The Bertz CT molecular complexity index is 1130. The fourth-order valence-electron chi connectivity index (χ4n) is 5.03. The lowest BCUT2D eigenvalue weighted by atomic mass is 9.93. The van der Waals surface area contributed by atoms with E-state index in [1.165, 1.54) is 6.42 Å². The Morgan fingerprint density at radius 3 is 1.89 bits per heavy atom. The summed E-state index contributed by atoms with van der Waals surface area (Å²) in [5.41, 5.74) is 2.60. The normalized spacial score (nSPS) is 18.3. The van der Waals surface area contributed by atoms with Crippen molar-refractivity contribution in [3.63, 3.8) is 0 Å². The van der Waals surface area contributed by atoms with Crippen LogP contribution in [0.25, 0.3) is 0 Å². The number of carbonyl (C=O) groups is 1. The smallest absolute Gasteiger partial charge is 0.264 e. The Hall–Kier alpha value is -2.67. The Labute approximate surface area is 209 Å². The van der Waals surface area contributed by atoms with Crippen LogP contribution >= 0.6 is 0 Å².